The predicted molar refractivity (Wildman–Crippen MR) is 72.6 cm³/mol. The predicted octanol–water partition coefficient (Wildman–Crippen LogP) is 2.57. The van der Waals surface area contributed by atoms with Crippen LogP contribution >= 0.6 is 0 Å². The highest BCUT2D eigenvalue weighted by Gasteiger charge is 2.36. The van der Waals surface area contributed by atoms with Gasteiger partial charge in [0, 0.05) is 17.0 Å². The smallest absolute Gasteiger partial charge is 0.323 e. The largest absolute Gasteiger partial charge is 0.480 e. The fourth-order valence-electron chi connectivity index (χ4n) is 2.44. The van der Waals surface area contributed by atoms with Crippen LogP contribution in [0.15, 0.2) is 22.6 Å². The maximum Gasteiger partial charge on any atom is 0.323 e. The molecule has 0 aliphatic heterocycles. The summed E-state index contributed by atoms with van der Waals surface area (Å²) in [4.78, 5) is 24.7. The average molecular weight is 291 g/mol. The number of carbonyl (C=O) groups excluding carboxylic acids is 1. The molecule has 21 heavy (non-hydrogen) atoms. The number of aliphatic carboxylic acids is 1. The first-order valence-corrected chi connectivity index (χ1v) is 6.69. The second kappa shape index (κ2) is 4.87. The summed E-state index contributed by atoms with van der Waals surface area (Å²) in [5.74, 6) is -2.09. The molecule has 0 spiro atoms. The third-order valence-electron chi connectivity index (χ3n) is 3.66. The molecular formula is C15H14FNO4. The molecule has 1 aliphatic carbocycles. The van der Waals surface area contributed by atoms with Crippen molar-refractivity contribution in [2.24, 2.45) is 0 Å². The van der Waals surface area contributed by atoms with Crippen molar-refractivity contribution in [3.63, 3.8) is 0 Å². The first-order chi connectivity index (χ1) is 9.99. The monoisotopic (exact) mass is 291 g/mol. The van der Waals surface area contributed by atoms with Gasteiger partial charge in [-0.3, -0.25) is 9.59 Å². The molecule has 1 amide bonds. The summed E-state index contributed by atoms with van der Waals surface area (Å²) in [6, 6.07) is 4.41. The molecular weight excluding hydrogens is 277 g/mol. The minimum absolute atomic E-state index is 0.0169. The summed E-state index contributed by atoms with van der Waals surface area (Å²) in [6.45, 7) is 1.30. The lowest BCUT2D eigenvalue weighted by molar-refractivity contribution is -0.137. The van der Waals surface area contributed by atoms with Crippen LogP contribution < -0.4 is 0 Å². The molecule has 110 valence electrons. The number of amides is 1. The third kappa shape index (κ3) is 2.37. The minimum atomic E-state index is -1.07. The second-order valence-electron chi connectivity index (χ2n) is 5.23. The van der Waals surface area contributed by atoms with Gasteiger partial charge in [-0.15, -0.1) is 0 Å². The van der Waals surface area contributed by atoms with E-state index in [2.05, 4.69) is 0 Å². The number of hydrogen-bond acceptors (Lipinski definition) is 3. The fraction of sp³-hybridized carbons (Fsp3) is 0.333. The van der Waals surface area contributed by atoms with E-state index in [1.807, 2.05) is 0 Å². The fourth-order valence-corrected chi connectivity index (χ4v) is 2.44. The van der Waals surface area contributed by atoms with Crippen molar-refractivity contribution >= 4 is 22.8 Å². The van der Waals surface area contributed by atoms with Gasteiger partial charge in [-0.25, -0.2) is 4.39 Å². The van der Waals surface area contributed by atoms with Crippen LogP contribution in [0, 0.1) is 12.7 Å². The number of fused-ring (bicyclic) bond motifs is 1. The molecule has 1 aromatic heterocycles. The zero-order valence-corrected chi connectivity index (χ0v) is 11.4. The van der Waals surface area contributed by atoms with E-state index in [0.717, 1.165) is 12.8 Å². The van der Waals surface area contributed by atoms with Gasteiger partial charge in [0.2, 0.25) is 0 Å². The second-order valence-corrected chi connectivity index (χ2v) is 5.23. The Balaban J connectivity index is 2.02. The Kier molecular flexibility index (Phi) is 3.16. The van der Waals surface area contributed by atoms with Crippen LogP contribution in [0.2, 0.25) is 0 Å². The number of furan rings is 1. The molecule has 1 heterocycles. The molecule has 0 bridgehead atoms. The summed E-state index contributed by atoms with van der Waals surface area (Å²) in [5, 5.41) is 9.46. The molecule has 0 unspecified atom stereocenters. The number of hydrogen-bond donors (Lipinski definition) is 1. The summed E-state index contributed by atoms with van der Waals surface area (Å²) in [7, 11) is 0. The Labute approximate surface area is 119 Å². The van der Waals surface area contributed by atoms with Crippen LogP contribution in [-0.2, 0) is 4.79 Å². The third-order valence-corrected chi connectivity index (χ3v) is 3.66. The van der Waals surface area contributed by atoms with Crippen LogP contribution in [0.3, 0.4) is 0 Å². The SMILES string of the molecule is Cc1c(C(=O)N(CC(=O)O)C2CC2)oc2c(F)cccc12. The number of benzene rings is 1. The molecule has 1 N–H and O–H groups in total. The molecule has 5 nitrogen and oxygen atoms in total. The Morgan fingerprint density at radius 3 is 2.71 bits per heavy atom. The van der Waals surface area contributed by atoms with Gasteiger partial charge in [-0.1, -0.05) is 12.1 Å². The number of carboxylic acid groups (broad SMARTS) is 1. The van der Waals surface area contributed by atoms with Crippen molar-refractivity contribution in [1.82, 2.24) is 4.90 Å². The number of aryl methyl sites for hydroxylation is 1. The van der Waals surface area contributed by atoms with Crippen molar-refractivity contribution in [2.45, 2.75) is 25.8 Å². The van der Waals surface area contributed by atoms with Crippen molar-refractivity contribution in [3.05, 3.63) is 35.3 Å². The lowest BCUT2D eigenvalue weighted by Gasteiger charge is -2.19. The molecule has 0 atom stereocenters. The van der Waals surface area contributed by atoms with Crippen molar-refractivity contribution in [1.29, 1.82) is 0 Å². The normalized spacial score (nSPS) is 14.4. The molecule has 1 fully saturated rings. The van der Waals surface area contributed by atoms with Gasteiger partial charge in [0.05, 0.1) is 0 Å². The number of rotatable bonds is 4. The van der Waals surface area contributed by atoms with Gasteiger partial charge in [0.15, 0.2) is 17.2 Å². The van der Waals surface area contributed by atoms with Crippen LogP contribution in [0.25, 0.3) is 11.0 Å². The van der Waals surface area contributed by atoms with Crippen LogP contribution in [0.4, 0.5) is 4.39 Å². The lowest BCUT2D eigenvalue weighted by Crippen LogP contribution is -2.37. The van der Waals surface area contributed by atoms with Gasteiger partial charge >= 0.3 is 5.97 Å². The van der Waals surface area contributed by atoms with E-state index >= 15 is 0 Å². The lowest BCUT2D eigenvalue weighted by atomic mass is 10.1. The van der Waals surface area contributed by atoms with Crippen molar-refractivity contribution in [2.75, 3.05) is 6.54 Å². The van der Waals surface area contributed by atoms with E-state index in [1.165, 1.54) is 11.0 Å². The first kappa shape index (κ1) is 13.6. The van der Waals surface area contributed by atoms with Gasteiger partial charge in [0.25, 0.3) is 5.91 Å². The number of halogens is 1. The summed E-state index contributed by atoms with van der Waals surface area (Å²) in [5.41, 5.74) is 0.565. The maximum atomic E-state index is 13.7. The van der Waals surface area contributed by atoms with E-state index in [4.69, 9.17) is 9.52 Å². The number of nitrogens with zero attached hydrogens (tertiary/aromatic N) is 1. The highest BCUT2D eigenvalue weighted by molar-refractivity contribution is 6.00. The van der Waals surface area contributed by atoms with E-state index < -0.39 is 17.7 Å². The number of carboxylic acids is 1. The molecule has 1 aromatic carbocycles. The topological polar surface area (TPSA) is 70.8 Å². The van der Waals surface area contributed by atoms with E-state index in [1.54, 1.807) is 19.1 Å². The van der Waals surface area contributed by atoms with Crippen molar-refractivity contribution < 1.29 is 23.5 Å². The van der Waals surface area contributed by atoms with Crippen molar-refractivity contribution in [3.8, 4) is 0 Å². The Morgan fingerprint density at radius 1 is 1.43 bits per heavy atom. The van der Waals surface area contributed by atoms with Crippen LogP contribution in [0.1, 0.15) is 29.0 Å². The molecule has 1 saturated carbocycles. The molecule has 0 saturated heterocycles. The quantitative estimate of drug-likeness (QED) is 0.939. The van der Waals surface area contributed by atoms with E-state index in [9.17, 15) is 14.0 Å². The first-order valence-electron chi connectivity index (χ1n) is 6.69. The molecule has 1 aliphatic rings. The molecule has 2 aromatic rings. The molecule has 6 heteroatoms. The molecule has 0 radical (unpaired) electrons. The summed E-state index contributed by atoms with van der Waals surface area (Å²) >= 11 is 0. The standard InChI is InChI=1S/C15H14FNO4/c1-8-10-3-2-4-11(16)14(10)21-13(8)15(20)17(7-12(18)19)9-5-6-9/h2-4,9H,5-7H2,1H3,(H,18,19). The zero-order chi connectivity index (χ0) is 15.1. The zero-order valence-electron chi connectivity index (χ0n) is 11.4. The summed E-state index contributed by atoms with van der Waals surface area (Å²) < 4.78 is 19.1. The maximum absolute atomic E-state index is 13.7. The summed E-state index contributed by atoms with van der Waals surface area (Å²) in [6.07, 6.45) is 1.57. The van der Waals surface area contributed by atoms with Crippen LogP contribution in [-0.4, -0.2) is 34.5 Å². The highest BCUT2D eigenvalue weighted by atomic mass is 19.1. The van der Waals surface area contributed by atoms with Gasteiger partial charge < -0.3 is 14.4 Å². The van der Waals surface area contributed by atoms with Gasteiger partial charge in [-0.05, 0) is 25.8 Å². The number of carbonyl (C=O) groups is 2. The van der Waals surface area contributed by atoms with Crippen LogP contribution in [0.5, 0.6) is 0 Å². The molecule has 3 rings (SSSR count). The van der Waals surface area contributed by atoms with E-state index in [-0.39, 0.29) is 23.9 Å². The van der Waals surface area contributed by atoms with Gasteiger partial charge in [-0.2, -0.15) is 0 Å². The minimum Gasteiger partial charge on any atom is -0.480 e. The van der Waals surface area contributed by atoms with E-state index in [0.29, 0.717) is 10.9 Å². The van der Waals surface area contributed by atoms with Gasteiger partial charge in [0.1, 0.15) is 6.54 Å². The highest BCUT2D eigenvalue weighted by Crippen LogP contribution is 2.32. The Hall–Kier alpha value is -2.37. The number of para-hydroxylation sites is 1. The Bertz CT molecular complexity index is 733. The average Bonchev–Trinajstić information content (AvgIpc) is 3.21. The Morgan fingerprint density at radius 2 is 2.14 bits per heavy atom.